The molecule has 11 heteroatoms. The molecule has 184 valence electrons. The van der Waals surface area contributed by atoms with Gasteiger partial charge in [-0.1, -0.05) is 0 Å². The molecule has 6 rings (SSSR count). The first-order valence-corrected chi connectivity index (χ1v) is 12.2. The van der Waals surface area contributed by atoms with E-state index >= 15 is 0 Å². The summed E-state index contributed by atoms with van der Waals surface area (Å²) in [5, 5.41) is 13.9. The first-order chi connectivity index (χ1) is 17.1. The summed E-state index contributed by atoms with van der Waals surface area (Å²) in [6, 6.07) is 5.36. The van der Waals surface area contributed by atoms with Gasteiger partial charge in [-0.15, -0.1) is 5.10 Å². The van der Waals surface area contributed by atoms with Crippen molar-refractivity contribution < 1.29 is 14.3 Å². The van der Waals surface area contributed by atoms with Crippen LogP contribution in [0.3, 0.4) is 0 Å². The summed E-state index contributed by atoms with van der Waals surface area (Å²) >= 11 is 0. The lowest BCUT2D eigenvalue weighted by Gasteiger charge is -2.39. The first-order valence-electron chi connectivity index (χ1n) is 12.2. The van der Waals surface area contributed by atoms with Gasteiger partial charge >= 0.3 is 0 Å². The van der Waals surface area contributed by atoms with Crippen LogP contribution in [0.4, 0.5) is 17.2 Å². The fraction of sp³-hybridized carbons (Fsp3) is 0.500. The van der Waals surface area contributed by atoms with Gasteiger partial charge in [0.2, 0.25) is 0 Å². The highest BCUT2D eigenvalue weighted by atomic mass is 16.5. The number of rotatable bonds is 6. The van der Waals surface area contributed by atoms with E-state index in [2.05, 4.69) is 26.0 Å². The number of hydrogen-bond acceptors (Lipinski definition) is 8. The minimum Gasteiger partial charge on any atom is -0.385 e. The molecule has 0 spiro atoms. The van der Waals surface area contributed by atoms with E-state index in [1.54, 1.807) is 29.9 Å². The maximum absolute atomic E-state index is 13.2. The Morgan fingerprint density at radius 1 is 1.23 bits per heavy atom. The molecule has 0 radical (unpaired) electrons. The van der Waals surface area contributed by atoms with Gasteiger partial charge in [0, 0.05) is 32.5 Å². The molecule has 11 nitrogen and oxygen atoms in total. The Bertz CT molecular complexity index is 1310. The highest BCUT2D eigenvalue weighted by Crippen LogP contribution is 2.38. The van der Waals surface area contributed by atoms with Crippen LogP contribution in [0, 0.1) is 5.92 Å². The van der Waals surface area contributed by atoms with E-state index in [4.69, 9.17) is 9.47 Å². The van der Waals surface area contributed by atoms with Gasteiger partial charge in [-0.3, -0.25) is 9.59 Å². The van der Waals surface area contributed by atoms with E-state index in [1.165, 1.54) is 10.7 Å². The summed E-state index contributed by atoms with van der Waals surface area (Å²) in [6.45, 7) is 2.02. The average molecular weight is 480 g/mol. The smallest absolute Gasteiger partial charge is 0.274 e. The monoisotopic (exact) mass is 479 g/mol. The van der Waals surface area contributed by atoms with Crippen LogP contribution in [0.2, 0.25) is 0 Å². The number of carbonyl (C=O) groups is 1. The third-order valence-electron chi connectivity index (χ3n) is 7.27. The standard InChI is InChI=1S/C24H29N7O4/c1-25-18-11-20(27-16-5-2-7-30(24(16)33)15-4-3-8-34-13-15)29-31-19(12-26-22(18)31)23(32)28-17-10-14-6-9-35-21(14)17/h2,5,7,11-12,14-15,17,21,25H,3-4,6,8-10,13H2,1H3,(H,27,29)(H,28,32)/t14-,15+,17-,21-/m1/s1. The van der Waals surface area contributed by atoms with Crippen molar-refractivity contribution in [3.63, 3.8) is 0 Å². The van der Waals surface area contributed by atoms with E-state index in [0.29, 0.717) is 41.1 Å². The summed E-state index contributed by atoms with van der Waals surface area (Å²) in [4.78, 5) is 30.7. The summed E-state index contributed by atoms with van der Waals surface area (Å²) < 4.78 is 14.5. The predicted octanol–water partition coefficient (Wildman–Crippen LogP) is 1.93. The lowest BCUT2D eigenvalue weighted by Crippen LogP contribution is -2.54. The van der Waals surface area contributed by atoms with Crippen LogP contribution in [0.15, 0.2) is 35.4 Å². The molecular formula is C24H29N7O4. The Morgan fingerprint density at radius 3 is 2.94 bits per heavy atom. The molecule has 35 heavy (non-hydrogen) atoms. The second-order valence-electron chi connectivity index (χ2n) is 9.40. The Kier molecular flexibility index (Phi) is 5.65. The van der Waals surface area contributed by atoms with Crippen LogP contribution in [0.25, 0.3) is 5.65 Å². The molecule has 0 unspecified atom stereocenters. The topological polar surface area (TPSA) is 124 Å². The van der Waals surface area contributed by atoms with Gasteiger partial charge in [0.25, 0.3) is 11.5 Å². The molecule has 3 aromatic rings. The van der Waals surface area contributed by atoms with Crippen LogP contribution in [-0.4, -0.2) is 64.1 Å². The number of nitrogens with zero attached hydrogens (tertiary/aromatic N) is 4. The fourth-order valence-corrected chi connectivity index (χ4v) is 5.34. The van der Waals surface area contributed by atoms with E-state index in [0.717, 1.165) is 38.9 Å². The quantitative estimate of drug-likeness (QED) is 0.490. The zero-order chi connectivity index (χ0) is 23.9. The number of anilines is 3. The first kappa shape index (κ1) is 22.1. The van der Waals surface area contributed by atoms with Crippen LogP contribution >= 0.6 is 0 Å². The van der Waals surface area contributed by atoms with E-state index < -0.39 is 0 Å². The number of amides is 1. The number of ether oxygens (including phenoxy) is 2. The lowest BCUT2D eigenvalue weighted by molar-refractivity contribution is -0.000686. The van der Waals surface area contributed by atoms with Gasteiger partial charge in [-0.05, 0) is 43.7 Å². The molecule has 2 aliphatic heterocycles. The van der Waals surface area contributed by atoms with Crippen molar-refractivity contribution in [3.05, 3.63) is 46.6 Å². The summed E-state index contributed by atoms with van der Waals surface area (Å²) in [6.07, 6.45) is 7.24. The van der Waals surface area contributed by atoms with Gasteiger partial charge in [0.15, 0.2) is 17.2 Å². The molecule has 3 N–H and O–H groups in total. The Morgan fingerprint density at radius 2 is 2.14 bits per heavy atom. The number of fused-ring (bicyclic) bond motifs is 2. The molecule has 3 fully saturated rings. The lowest BCUT2D eigenvalue weighted by atomic mass is 9.77. The molecule has 3 aliphatic rings. The van der Waals surface area contributed by atoms with Crippen molar-refractivity contribution in [2.45, 2.75) is 43.9 Å². The Balaban J connectivity index is 1.28. The molecule has 5 heterocycles. The highest BCUT2D eigenvalue weighted by Gasteiger charge is 2.46. The van der Waals surface area contributed by atoms with E-state index in [9.17, 15) is 9.59 Å². The number of pyridine rings is 1. The number of aromatic nitrogens is 4. The molecule has 3 aromatic heterocycles. The second-order valence-corrected chi connectivity index (χ2v) is 9.40. The molecule has 4 atom stereocenters. The summed E-state index contributed by atoms with van der Waals surface area (Å²) in [5.41, 5.74) is 1.79. The largest absolute Gasteiger partial charge is 0.385 e. The van der Waals surface area contributed by atoms with Crippen LogP contribution in [-0.2, 0) is 9.47 Å². The van der Waals surface area contributed by atoms with Crippen molar-refractivity contribution in [1.29, 1.82) is 0 Å². The molecule has 1 aliphatic carbocycles. The maximum Gasteiger partial charge on any atom is 0.274 e. The summed E-state index contributed by atoms with van der Waals surface area (Å²) in [7, 11) is 1.78. The molecule has 0 bridgehead atoms. The average Bonchev–Trinajstić information content (AvgIpc) is 3.47. The molecular weight excluding hydrogens is 450 g/mol. The minimum atomic E-state index is -0.248. The van der Waals surface area contributed by atoms with Crippen molar-refractivity contribution in [3.8, 4) is 0 Å². The third-order valence-corrected chi connectivity index (χ3v) is 7.27. The third kappa shape index (κ3) is 3.94. The van der Waals surface area contributed by atoms with E-state index in [-0.39, 0.29) is 29.7 Å². The molecule has 1 amide bonds. The van der Waals surface area contributed by atoms with Gasteiger partial charge in [-0.25, -0.2) is 9.50 Å². The Labute approximate surface area is 201 Å². The zero-order valence-corrected chi connectivity index (χ0v) is 19.6. The SMILES string of the molecule is CNc1cc(Nc2cccn([C@H]3CCCOC3)c2=O)nn2c(C(=O)N[C@@H]3C[C@H]4CCO[C@H]43)cnc12. The number of hydrogen-bond donors (Lipinski definition) is 3. The van der Waals surface area contributed by atoms with E-state index in [1.807, 2.05) is 6.07 Å². The van der Waals surface area contributed by atoms with Crippen LogP contribution in [0.1, 0.15) is 42.2 Å². The fourth-order valence-electron chi connectivity index (χ4n) is 5.34. The van der Waals surface area contributed by atoms with Gasteiger partial charge in [0.1, 0.15) is 5.69 Å². The van der Waals surface area contributed by atoms with Gasteiger partial charge in [-0.2, -0.15) is 0 Å². The Hall–Kier alpha value is -3.44. The van der Waals surface area contributed by atoms with Gasteiger partial charge < -0.3 is 30.0 Å². The van der Waals surface area contributed by atoms with Gasteiger partial charge in [0.05, 0.1) is 36.7 Å². The minimum absolute atomic E-state index is 0.0113. The molecule has 1 saturated carbocycles. The second kappa shape index (κ2) is 8.97. The summed E-state index contributed by atoms with van der Waals surface area (Å²) in [5.74, 6) is 0.719. The normalized spacial score (nSPS) is 25.6. The van der Waals surface area contributed by atoms with Crippen LogP contribution < -0.4 is 21.5 Å². The maximum atomic E-state index is 13.2. The highest BCUT2D eigenvalue weighted by molar-refractivity contribution is 5.94. The number of imidazole rings is 1. The van der Waals surface area contributed by atoms with Crippen molar-refractivity contribution in [2.75, 3.05) is 37.5 Å². The van der Waals surface area contributed by atoms with Crippen molar-refractivity contribution >= 4 is 28.7 Å². The number of carbonyl (C=O) groups excluding carboxylic acids is 1. The van der Waals surface area contributed by atoms with Crippen LogP contribution in [0.5, 0.6) is 0 Å². The van der Waals surface area contributed by atoms with Crippen molar-refractivity contribution in [1.82, 2.24) is 24.5 Å². The van der Waals surface area contributed by atoms with Crippen molar-refractivity contribution in [2.24, 2.45) is 5.92 Å². The predicted molar refractivity (Wildman–Crippen MR) is 129 cm³/mol. The molecule has 0 aromatic carbocycles. The molecule has 2 saturated heterocycles. The number of nitrogens with one attached hydrogen (secondary N) is 3. The zero-order valence-electron chi connectivity index (χ0n) is 19.6.